The average molecular weight is 359 g/mol. The maximum Gasteiger partial charge on any atom is 0.134 e. The number of rotatable bonds is 6. The van der Waals surface area contributed by atoms with Crippen LogP contribution in [0.2, 0.25) is 0 Å². The molecule has 0 aromatic carbocycles. The molecule has 0 saturated heterocycles. The van der Waals surface area contributed by atoms with Crippen molar-refractivity contribution < 1.29 is 9.59 Å². The van der Waals surface area contributed by atoms with Gasteiger partial charge in [-0.2, -0.15) is 0 Å². The fraction of sp³-hybridized carbons (Fsp3) is 0.727. The van der Waals surface area contributed by atoms with Gasteiger partial charge in [-0.1, -0.05) is 25.2 Å². The molecule has 144 valence electrons. The highest BCUT2D eigenvalue weighted by atomic mass is 16.1. The Labute approximate surface area is 157 Å². The summed E-state index contributed by atoms with van der Waals surface area (Å²) in [5, 5.41) is 0. The largest absolute Gasteiger partial charge is 0.327 e. The molecule has 4 N–H and O–H groups in total. The van der Waals surface area contributed by atoms with Gasteiger partial charge in [0, 0.05) is 37.3 Å². The van der Waals surface area contributed by atoms with Crippen LogP contribution >= 0.6 is 0 Å². The summed E-state index contributed by atoms with van der Waals surface area (Å²) in [5.74, 6) is 1.61. The Kier molecular flexibility index (Phi) is 6.13. The molecule has 0 bridgehead atoms. The number of carbonyl (C=O) groups excluding carboxylic acids is 2. The van der Waals surface area contributed by atoms with Crippen molar-refractivity contribution >= 4 is 11.6 Å². The molecule has 0 aromatic heterocycles. The summed E-state index contributed by atoms with van der Waals surface area (Å²) < 4.78 is 0. The standard InChI is InChI=1S/C22H34N2O2/c1-2-20(25)13-18-8-4-6-16-5-3-7-17(22(16,18)24)10-9-15-11-19(23)14-21(26)12-15/h3,5-6,15,17-19H,2,4,7-14,23-24H2,1H3/t15-,17+,18+,19+,22?/m0/s1. The summed E-state index contributed by atoms with van der Waals surface area (Å²) in [6, 6.07) is 0.0272. The topological polar surface area (TPSA) is 86.2 Å². The zero-order valence-electron chi connectivity index (χ0n) is 16.1. The lowest BCUT2D eigenvalue weighted by molar-refractivity contribution is -0.122. The number of carbonyl (C=O) groups is 2. The minimum Gasteiger partial charge on any atom is -0.327 e. The maximum absolute atomic E-state index is 12.1. The van der Waals surface area contributed by atoms with E-state index in [1.807, 2.05) is 6.92 Å². The van der Waals surface area contributed by atoms with Gasteiger partial charge in [0.15, 0.2) is 0 Å². The number of hydrogen-bond acceptors (Lipinski definition) is 4. The second-order valence-electron chi connectivity index (χ2n) is 8.68. The van der Waals surface area contributed by atoms with E-state index < -0.39 is 5.54 Å². The molecule has 1 saturated carbocycles. The Morgan fingerprint density at radius 1 is 1.27 bits per heavy atom. The fourth-order valence-corrected chi connectivity index (χ4v) is 5.42. The van der Waals surface area contributed by atoms with Crippen molar-refractivity contribution in [2.45, 2.75) is 82.7 Å². The number of Topliss-reactive ketones (excluding diaryl/α,β-unsaturated/α-hetero) is 2. The molecule has 0 aliphatic heterocycles. The minimum absolute atomic E-state index is 0.0272. The Hall–Kier alpha value is -1.26. The third-order valence-electron chi connectivity index (χ3n) is 6.88. The van der Waals surface area contributed by atoms with Crippen LogP contribution in [0.5, 0.6) is 0 Å². The van der Waals surface area contributed by atoms with Gasteiger partial charge < -0.3 is 11.5 Å². The van der Waals surface area contributed by atoms with Gasteiger partial charge in [0.05, 0.1) is 0 Å². The number of ketones is 2. The second kappa shape index (κ2) is 8.18. The lowest BCUT2D eigenvalue weighted by atomic mass is 9.59. The van der Waals surface area contributed by atoms with E-state index in [1.54, 1.807) is 0 Å². The van der Waals surface area contributed by atoms with Gasteiger partial charge >= 0.3 is 0 Å². The molecule has 1 fully saturated rings. The molecule has 0 radical (unpaired) electrons. The third kappa shape index (κ3) is 4.01. The first-order valence-electron chi connectivity index (χ1n) is 10.4. The highest BCUT2D eigenvalue weighted by Gasteiger charge is 2.46. The van der Waals surface area contributed by atoms with Crippen LogP contribution in [0.25, 0.3) is 0 Å². The summed E-state index contributed by atoms with van der Waals surface area (Å²) in [7, 11) is 0. The zero-order valence-corrected chi connectivity index (χ0v) is 16.1. The first kappa shape index (κ1) is 19.5. The molecule has 1 unspecified atom stereocenters. The lowest BCUT2D eigenvalue weighted by Gasteiger charge is -2.49. The Morgan fingerprint density at radius 3 is 2.81 bits per heavy atom. The van der Waals surface area contributed by atoms with E-state index in [4.69, 9.17) is 11.5 Å². The number of nitrogens with two attached hydrogens (primary N) is 2. The molecule has 4 heteroatoms. The summed E-state index contributed by atoms with van der Waals surface area (Å²) in [5.41, 5.74) is 13.9. The summed E-state index contributed by atoms with van der Waals surface area (Å²) in [6.07, 6.45) is 15.1. The average Bonchev–Trinajstić information content (AvgIpc) is 2.60. The maximum atomic E-state index is 12.1. The van der Waals surface area contributed by atoms with Gasteiger partial charge in [0.2, 0.25) is 0 Å². The van der Waals surface area contributed by atoms with E-state index in [-0.39, 0.29) is 12.0 Å². The van der Waals surface area contributed by atoms with Crippen LogP contribution in [-0.2, 0) is 9.59 Å². The van der Waals surface area contributed by atoms with Gasteiger partial charge in [0.25, 0.3) is 0 Å². The Morgan fingerprint density at radius 2 is 2.08 bits per heavy atom. The van der Waals surface area contributed by atoms with Crippen LogP contribution in [0.1, 0.15) is 71.1 Å². The number of hydrogen-bond donors (Lipinski definition) is 2. The predicted octanol–water partition coefficient (Wildman–Crippen LogP) is 3.44. The SMILES string of the molecule is CCC(=O)C[C@H]1CCC=C2C=CC[C@H](CC[C@@H]3CC(=O)C[C@H](N)C3)C21N. The Balaban J connectivity index is 1.72. The summed E-state index contributed by atoms with van der Waals surface area (Å²) in [6.45, 7) is 1.94. The molecule has 0 heterocycles. The summed E-state index contributed by atoms with van der Waals surface area (Å²) in [4.78, 5) is 24.0. The summed E-state index contributed by atoms with van der Waals surface area (Å²) >= 11 is 0. The molecule has 26 heavy (non-hydrogen) atoms. The van der Waals surface area contributed by atoms with Gasteiger partial charge in [-0.15, -0.1) is 0 Å². The fourth-order valence-electron chi connectivity index (χ4n) is 5.42. The van der Waals surface area contributed by atoms with E-state index >= 15 is 0 Å². The van der Waals surface area contributed by atoms with Crippen LogP contribution in [-0.4, -0.2) is 23.1 Å². The van der Waals surface area contributed by atoms with Crippen LogP contribution < -0.4 is 11.5 Å². The lowest BCUT2D eigenvalue weighted by Crippen LogP contribution is -2.57. The van der Waals surface area contributed by atoms with Crippen molar-refractivity contribution in [1.29, 1.82) is 0 Å². The van der Waals surface area contributed by atoms with Crippen molar-refractivity contribution in [3.05, 3.63) is 23.8 Å². The van der Waals surface area contributed by atoms with E-state index in [1.165, 1.54) is 5.57 Å². The number of allylic oxidation sites excluding steroid dienone is 2. The van der Waals surface area contributed by atoms with Gasteiger partial charge in [-0.3, -0.25) is 9.59 Å². The van der Waals surface area contributed by atoms with Gasteiger partial charge in [0.1, 0.15) is 11.6 Å². The molecule has 3 aliphatic rings. The Bertz CT molecular complexity index is 609. The molecule has 5 atom stereocenters. The molecular weight excluding hydrogens is 324 g/mol. The predicted molar refractivity (Wildman–Crippen MR) is 104 cm³/mol. The highest BCUT2D eigenvalue weighted by molar-refractivity contribution is 5.80. The molecule has 3 rings (SSSR count). The second-order valence-corrected chi connectivity index (χ2v) is 8.68. The van der Waals surface area contributed by atoms with Gasteiger partial charge in [-0.25, -0.2) is 0 Å². The van der Waals surface area contributed by atoms with Crippen molar-refractivity contribution in [3.8, 4) is 0 Å². The molecule has 0 aromatic rings. The first-order valence-corrected chi connectivity index (χ1v) is 10.4. The van der Waals surface area contributed by atoms with Crippen molar-refractivity contribution in [2.75, 3.05) is 0 Å². The molecular formula is C22H34N2O2. The smallest absolute Gasteiger partial charge is 0.134 e. The normalized spacial score (nSPS) is 37.2. The monoisotopic (exact) mass is 358 g/mol. The third-order valence-corrected chi connectivity index (χ3v) is 6.88. The van der Waals surface area contributed by atoms with Crippen molar-refractivity contribution in [2.24, 2.45) is 29.2 Å². The molecule has 4 nitrogen and oxygen atoms in total. The van der Waals surface area contributed by atoms with Gasteiger partial charge in [-0.05, 0) is 61.9 Å². The van der Waals surface area contributed by atoms with E-state index in [0.29, 0.717) is 49.1 Å². The molecule has 0 amide bonds. The quantitative estimate of drug-likeness (QED) is 0.761. The highest BCUT2D eigenvalue weighted by Crippen LogP contribution is 2.46. The van der Waals surface area contributed by atoms with Crippen molar-refractivity contribution in [1.82, 2.24) is 0 Å². The van der Waals surface area contributed by atoms with Crippen LogP contribution in [0.4, 0.5) is 0 Å². The van der Waals surface area contributed by atoms with E-state index in [2.05, 4.69) is 18.2 Å². The van der Waals surface area contributed by atoms with E-state index in [9.17, 15) is 9.59 Å². The van der Waals surface area contributed by atoms with Crippen molar-refractivity contribution in [3.63, 3.8) is 0 Å². The molecule has 0 spiro atoms. The van der Waals surface area contributed by atoms with E-state index in [0.717, 1.165) is 38.5 Å². The molecule has 3 aliphatic carbocycles. The zero-order chi connectivity index (χ0) is 18.7. The van der Waals surface area contributed by atoms with Crippen LogP contribution in [0.15, 0.2) is 23.8 Å². The minimum atomic E-state index is -0.390. The first-order chi connectivity index (χ1) is 12.4. The van der Waals surface area contributed by atoms with Crippen LogP contribution in [0.3, 0.4) is 0 Å². The van der Waals surface area contributed by atoms with Crippen LogP contribution in [0, 0.1) is 17.8 Å². The number of fused-ring (bicyclic) bond motifs is 1.